The minimum atomic E-state index is -0.871. The molecule has 0 spiro atoms. The highest BCUT2D eigenvalue weighted by molar-refractivity contribution is 6.30. The van der Waals surface area contributed by atoms with Crippen LogP contribution in [0.25, 0.3) is 0 Å². The predicted octanol–water partition coefficient (Wildman–Crippen LogP) is 3.03. The van der Waals surface area contributed by atoms with Gasteiger partial charge < -0.3 is 4.74 Å². The Morgan fingerprint density at radius 2 is 2.27 bits per heavy atom. The zero-order valence-corrected chi connectivity index (χ0v) is 13.8. The van der Waals surface area contributed by atoms with Gasteiger partial charge in [0.15, 0.2) is 0 Å². The third-order valence-electron chi connectivity index (χ3n) is 4.03. The second kappa shape index (κ2) is 6.63. The molecule has 2 rings (SSSR count). The summed E-state index contributed by atoms with van der Waals surface area (Å²) < 4.78 is 5.08. The molecular formula is C17H21ClN2O2. The number of fused-ring (bicyclic) bond motifs is 1. The lowest BCUT2D eigenvalue weighted by Crippen LogP contribution is -2.51. The highest BCUT2D eigenvalue weighted by Crippen LogP contribution is 2.38. The fourth-order valence-electron chi connectivity index (χ4n) is 3.09. The monoisotopic (exact) mass is 320 g/mol. The quantitative estimate of drug-likeness (QED) is 0.475. The number of carbonyl (C=O) groups excluding carboxylic acids is 1. The first kappa shape index (κ1) is 16.7. The highest BCUT2D eigenvalue weighted by Gasteiger charge is 2.47. The number of aryl methyl sites for hydroxylation is 1. The molecule has 0 aliphatic carbocycles. The van der Waals surface area contributed by atoms with Crippen molar-refractivity contribution in [2.24, 2.45) is 0 Å². The zero-order valence-electron chi connectivity index (χ0n) is 13.1. The van der Waals surface area contributed by atoms with E-state index in [2.05, 4.69) is 23.0 Å². The van der Waals surface area contributed by atoms with E-state index in [4.69, 9.17) is 16.3 Å². The first-order chi connectivity index (χ1) is 10.5. The summed E-state index contributed by atoms with van der Waals surface area (Å²) in [5.41, 5.74) is 1.74. The summed E-state index contributed by atoms with van der Waals surface area (Å²) in [6.07, 6.45) is 4.01. The van der Waals surface area contributed by atoms with Crippen molar-refractivity contribution in [3.63, 3.8) is 0 Å². The van der Waals surface area contributed by atoms with E-state index < -0.39 is 5.41 Å². The van der Waals surface area contributed by atoms with Gasteiger partial charge in [0, 0.05) is 19.6 Å². The van der Waals surface area contributed by atoms with Crippen LogP contribution in [0.4, 0.5) is 0 Å². The molecule has 1 aliphatic heterocycles. The minimum absolute atomic E-state index is 0.310. The molecule has 0 aromatic carbocycles. The molecule has 0 bridgehead atoms. The molecule has 0 N–H and O–H groups in total. The largest absolute Gasteiger partial charge is 0.468 e. The summed E-state index contributed by atoms with van der Waals surface area (Å²) in [6.45, 7) is 11.4. The molecule has 0 radical (unpaired) electrons. The number of hydrogen-bond acceptors (Lipinski definition) is 4. The number of halogens is 1. The second-order valence-corrected chi connectivity index (χ2v) is 5.99. The van der Waals surface area contributed by atoms with Crippen molar-refractivity contribution in [1.82, 2.24) is 9.88 Å². The number of nitrogens with zero attached hydrogens (tertiary/aromatic N) is 2. The van der Waals surface area contributed by atoms with Gasteiger partial charge in [0.05, 0.1) is 12.8 Å². The van der Waals surface area contributed by atoms with Gasteiger partial charge in [-0.3, -0.25) is 9.69 Å². The molecule has 1 aromatic rings. The van der Waals surface area contributed by atoms with Crippen molar-refractivity contribution in [2.45, 2.75) is 25.3 Å². The van der Waals surface area contributed by atoms with Crippen LogP contribution in [0.5, 0.6) is 0 Å². The zero-order chi connectivity index (χ0) is 16.3. The van der Waals surface area contributed by atoms with E-state index in [0.29, 0.717) is 36.9 Å². The van der Waals surface area contributed by atoms with Gasteiger partial charge in [0.1, 0.15) is 10.6 Å². The minimum Gasteiger partial charge on any atom is -0.468 e. The van der Waals surface area contributed by atoms with E-state index in [9.17, 15) is 4.79 Å². The van der Waals surface area contributed by atoms with Gasteiger partial charge in [-0.15, -0.1) is 13.2 Å². The maximum absolute atomic E-state index is 12.6. The molecule has 0 amide bonds. The van der Waals surface area contributed by atoms with Crippen molar-refractivity contribution in [2.75, 3.05) is 20.2 Å². The Bertz CT molecular complexity index is 615. The molecule has 118 valence electrons. The molecule has 4 nitrogen and oxygen atoms in total. The molecule has 5 heteroatoms. The van der Waals surface area contributed by atoms with Crippen LogP contribution in [-0.4, -0.2) is 36.1 Å². The number of methoxy groups -OCH3 is 1. The average molecular weight is 321 g/mol. The normalized spacial score (nSPS) is 21.0. The number of ether oxygens (including phenoxy) is 1. The van der Waals surface area contributed by atoms with Crippen molar-refractivity contribution in [1.29, 1.82) is 0 Å². The van der Waals surface area contributed by atoms with Crippen LogP contribution in [0.3, 0.4) is 0 Å². The van der Waals surface area contributed by atoms with E-state index in [1.54, 1.807) is 6.08 Å². The third kappa shape index (κ3) is 2.81. The molecule has 1 aromatic heterocycles. The highest BCUT2D eigenvalue weighted by atomic mass is 35.5. The van der Waals surface area contributed by atoms with Crippen LogP contribution in [0.1, 0.15) is 23.2 Å². The van der Waals surface area contributed by atoms with Crippen molar-refractivity contribution < 1.29 is 9.53 Å². The van der Waals surface area contributed by atoms with E-state index in [0.717, 1.165) is 11.1 Å². The van der Waals surface area contributed by atoms with Gasteiger partial charge in [-0.1, -0.05) is 23.8 Å². The summed E-state index contributed by atoms with van der Waals surface area (Å²) in [6, 6.07) is 2.00. The number of carbonyl (C=O) groups is 1. The lowest BCUT2D eigenvalue weighted by Gasteiger charge is -2.40. The van der Waals surface area contributed by atoms with Gasteiger partial charge in [0.2, 0.25) is 0 Å². The second-order valence-electron chi connectivity index (χ2n) is 5.63. The van der Waals surface area contributed by atoms with Crippen LogP contribution >= 0.6 is 11.6 Å². The van der Waals surface area contributed by atoms with E-state index in [1.165, 1.54) is 7.11 Å². The van der Waals surface area contributed by atoms with Crippen molar-refractivity contribution in [3.8, 4) is 0 Å². The molecule has 0 saturated heterocycles. The van der Waals surface area contributed by atoms with Crippen LogP contribution in [-0.2, 0) is 21.5 Å². The Hall–Kier alpha value is -1.65. The topological polar surface area (TPSA) is 42.4 Å². The standard InChI is InChI=1S/C17H21ClN2O2/c1-5-7-17(16(21)22-4)11-20(8-6-2)10-13-9-12(3)15(18)19-14(13)17/h5-6,9H,1-2,7-8,10-11H2,3-4H3. The summed E-state index contributed by atoms with van der Waals surface area (Å²) >= 11 is 6.20. The fourth-order valence-corrected chi connectivity index (χ4v) is 3.23. The van der Waals surface area contributed by atoms with Crippen LogP contribution in [0.15, 0.2) is 31.4 Å². The number of rotatable bonds is 5. The smallest absolute Gasteiger partial charge is 0.319 e. The summed E-state index contributed by atoms with van der Waals surface area (Å²) in [7, 11) is 1.40. The Balaban J connectivity index is 2.65. The molecule has 0 fully saturated rings. The van der Waals surface area contributed by atoms with Gasteiger partial charge in [0.25, 0.3) is 0 Å². The van der Waals surface area contributed by atoms with Gasteiger partial charge in [-0.25, -0.2) is 4.98 Å². The molecule has 1 atom stereocenters. The van der Waals surface area contributed by atoms with Crippen LogP contribution in [0.2, 0.25) is 5.15 Å². The predicted molar refractivity (Wildman–Crippen MR) is 88.0 cm³/mol. The molecular weight excluding hydrogens is 300 g/mol. The maximum atomic E-state index is 12.6. The van der Waals surface area contributed by atoms with Gasteiger partial charge in [-0.2, -0.15) is 0 Å². The van der Waals surface area contributed by atoms with Crippen LogP contribution in [0, 0.1) is 6.92 Å². The van der Waals surface area contributed by atoms with E-state index >= 15 is 0 Å². The van der Waals surface area contributed by atoms with Crippen molar-refractivity contribution in [3.05, 3.63) is 53.4 Å². The summed E-state index contributed by atoms with van der Waals surface area (Å²) in [5, 5.41) is 0.424. The Morgan fingerprint density at radius 1 is 1.55 bits per heavy atom. The van der Waals surface area contributed by atoms with Gasteiger partial charge >= 0.3 is 5.97 Å². The SMILES string of the molecule is C=CCN1Cc2cc(C)c(Cl)nc2C(CC=C)(C(=O)OC)C1. The molecule has 2 heterocycles. The molecule has 0 saturated carbocycles. The first-order valence-corrected chi connectivity index (χ1v) is 7.55. The lowest BCUT2D eigenvalue weighted by atomic mass is 9.75. The fraction of sp³-hybridized carbons (Fsp3) is 0.412. The van der Waals surface area contributed by atoms with Crippen LogP contribution < -0.4 is 0 Å². The number of allylic oxidation sites excluding steroid dienone is 1. The molecule has 22 heavy (non-hydrogen) atoms. The van der Waals surface area contributed by atoms with E-state index in [1.807, 2.05) is 19.1 Å². The molecule has 1 unspecified atom stereocenters. The van der Waals surface area contributed by atoms with Crippen molar-refractivity contribution >= 4 is 17.6 Å². The molecule has 1 aliphatic rings. The lowest BCUT2D eigenvalue weighted by molar-refractivity contribution is -0.149. The van der Waals surface area contributed by atoms with E-state index in [-0.39, 0.29) is 5.97 Å². The Morgan fingerprint density at radius 3 is 2.86 bits per heavy atom. The number of hydrogen-bond donors (Lipinski definition) is 0. The number of esters is 1. The maximum Gasteiger partial charge on any atom is 0.319 e. The first-order valence-electron chi connectivity index (χ1n) is 7.17. The Labute approximate surface area is 136 Å². The van der Waals surface area contributed by atoms with Gasteiger partial charge in [-0.05, 0) is 30.5 Å². The third-order valence-corrected chi connectivity index (χ3v) is 4.41. The Kier molecular flexibility index (Phi) is 5.04. The number of pyridine rings is 1. The average Bonchev–Trinajstić information content (AvgIpc) is 2.49. The number of aromatic nitrogens is 1. The summed E-state index contributed by atoms with van der Waals surface area (Å²) in [5.74, 6) is -0.310. The summed E-state index contributed by atoms with van der Waals surface area (Å²) in [4.78, 5) is 19.3.